The molecule has 11 heavy (non-hydrogen) atoms. The van der Waals surface area contributed by atoms with Crippen molar-refractivity contribution in [2.45, 2.75) is 17.9 Å². The molecule has 1 saturated carbocycles. The zero-order valence-corrected chi connectivity index (χ0v) is 5.55. The van der Waals surface area contributed by atoms with Gasteiger partial charge in [0.1, 0.15) is 17.5 Å². The van der Waals surface area contributed by atoms with Gasteiger partial charge in [0.2, 0.25) is 0 Å². The number of nitrogens with two attached hydrogens (primary N) is 1. The average molecular weight is 160 g/mol. The SMILES string of the molecule is NC1(c2ccon2)CC1(F)F. The molecule has 1 aliphatic carbocycles. The molecular weight excluding hydrogens is 154 g/mol. The van der Waals surface area contributed by atoms with Gasteiger partial charge >= 0.3 is 0 Å². The van der Waals surface area contributed by atoms with Crippen molar-refractivity contribution in [2.24, 2.45) is 5.73 Å². The van der Waals surface area contributed by atoms with Crippen LogP contribution in [0.3, 0.4) is 0 Å². The van der Waals surface area contributed by atoms with Gasteiger partial charge < -0.3 is 10.3 Å². The van der Waals surface area contributed by atoms with E-state index in [9.17, 15) is 8.78 Å². The maximum absolute atomic E-state index is 12.5. The van der Waals surface area contributed by atoms with E-state index in [1.807, 2.05) is 0 Å². The molecule has 1 aliphatic rings. The predicted octanol–water partition coefficient (Wildman–Crippen LogP) is 0.868. The first kappa shape index (κ1) is 6.72. The number of halogens is 2. The van der Waals surface area contributed by atoms with Gasteiger partial charge in [-0.1, -0.05) is 5.16 Å². The Hall–Kier alpha value is -0.970. The van der Waals surface area contributed by atoms with Gasteiger partial charge in [0.05, 0.1) is 0 Å². The van der Waals surface area contributed by atoms with E-state index in [-0.39, 0.29) is 12.1 Å². The predicted molar refractivity (Wildman–Crippen MR) is 31.9 cm³/mol. The Balaban J connectivity index is 2.33. The molecule has 0 spiro atoms. The first-order valence-corrected chi connectivity index (χ1v) is 3.14. The quantitative estimate of drug-likeness (QED) is 0.663. The number of alkyl halides is 2. The van der Waals surface area contributed by atoms with Crippen LogP contribution in [0.5, 0.6) is 0 Å². The number of hydrogen-bond acceptors (Lipinski definition) is 3. The Kier molecular flexibility index (Phi) is 0.983. The second-order valence-electron chi connectivity index (χ2n) is 2.74. The summed E-state index contributed by atoms with van der Waals surface area (Å²) in [7, 11) is 0. The minimum Gasteiger partial charge on any atom is -0.364 e. The van der Waals surface area contributed by atoms with Crippen LogP contribution < -0.4 is 5.73 Å². The molecule has 5 heteroatoms. The smallest absolute Gasteiger partial charge is 0.274 e. The fraction of sp³-hybridized carbons (Fsp3) is 0.500. The lowest BCUT2D eigenvalue weighted by molar-refractivity contribution is 0.0872. The fourth-order valence-electron chi connectivity index (χ4n) is 1.03. The van der Waals surface area contributed by atoms with Crippen LogP contribution in [0.15, 0.2) is 16.9 Å². The fourth-order valence-corrected chi connectivity index (χ4v) is 1.03. The van der Waals surface area contributed by atoms with Crippen molar-refractivity contribution >= 4 is 0 Å². The largest absolute Gasteiger partial charge is 0.364 e. The second-order valence-corrected chi connectivity index (χ2v) is 2.74. The van der Waals surface area contributed by atoms with Crippen LogP contribution in [-0.4, -0.2) is 11.1 Å². The Bertz CT molecular complexity index is 272. The van der Waals surface area contributed by atoms with Crippen LogP contribution in [0, 0.1) is 0 Å². The number of aromatic nitrogens is 1. The van der Waals surface area contributed by atoms with E-state index in [4.69, 9.17) is 5.73 Å². The summed E-state index contributed by atoms with van der Waals surface area (Å²) in [5, 5.41) is 3.37. The number of nitrogens with zero attached hydrogens (tertiary/aromatic N) is 1. The Labute approximate surface area is 61.2 Å². The molecule has 1 aromatic rings. The van der Waals surface area contributed by atoms with E-state index >= 15 is 0 Å². The van der Waals surface area contributed by atoms with Crippen molar-refractivity contribution in [3.05, 3.63) is 18.0 Å². The topological polar surface area (TPSA) is 52.0 Å². The summed E-state index contributed by atoms with van der Waals surface area (Å²) < 4.78 is 29.5. The first-order valence-electron chi connectivity index (χ1n) is 3.14. The summed E-state index contributed by atoms with van der Waals surface area (Å²) >= 11 is 0. The Morgan fingerprint density at radius 3 is 2.64 bits per heavy atom. The molecule has 3 nitrogen and oxygen atoms in total. The molecule has 1 atom stereocenters. The first-order chi connectivity index (χ1) is 5.06. The van der Waals surface area contributed by atoms with Crippen LogP contribution in [0.4, 0.5) is 8.78 Å². The van der Waals surface area contributed by atoms with E-state index < -0.39 is 11.5 Å². The zero-order chi connectivity index (χ0) is 8.11. The molecule has 1 aromatic heterocycles. The molecule has 0 aromatic carbocycles. The molecule has 1 heterocycles. The number of rotatable bonds is 1. The Morgan fingerprint density at radius 2 is 2.27 bits per heavy atom. The molecule has 1 fully saturated rings. The van der Waals surface area contributed by atoms with Crippen LogP contribution in [0.2, 0.25) is 0 Å². The minimum absolute atomic E-state index is 0.127. The molecule has 0 aliphatic heterocycles. The highest BCUT2D eigenvalue weighted by Gasteiger charge is 2.71. The lowest BCUT2D eigenvalue weighted by Gasteiger charge is -2.03. The van der Waals surface area contributed by atoms with Crippen molar-refractivity contribution in [3.8, 4) is 0 Å². The Morgan fingerprint density at radius 1 is 1.64 bits per heavy atom. The third-order valence-electron chi connectivity index (χ3n) is 1.92. The van der Waals surface area contributed by atoms with Crippen molar-refractivity contribution in [1.82, 2.24) is 5.16 Å². The summed E-state index contributed by atoms with van der Waals surface area (Å²) in [4.78, 5) is 0. The van der Waals surface area contributed by atoms with Gasteiger partial charge in [-0.25, -0.2) is 8.78 Å². The van der Waals surface area contributed by atoms with Gasteiger partial charge in [-0.15, -0.1) is 0 Å². The molecule has 2 rings (SSSR count). The third kappa shape index (κ3) is 0.712. The van der Waals surface area contributed by atoms with Crippen LogP contribution >= 0.6 is 0 Å². The summed E-state index contributed by atoms with van der Waals surface area (Å²) in [6, 6.07) is 1.36. The molecule has 0 saturated heterocycles. The van der Waals surface area contributed by atoms with Crippen LogP contribution in [0.25, 0.3) is 0 Å². The van der Waals surface area contributed by atoms with Crippen molar-refractivity contribution in [1.29, 1.82) is 0 Å². The molecule has 0 radical (unpaired) electrons. The zero-order valence-electron chi connectivity index (χ0n) is 5.55. The van der Waals surface area contributed by atoms with E-state index in [2.05, 4.69) is 9.68 Å². The van der Waals surface area contributed by atoms with Gasteiger partial charge in [0.15, 0.2) is 0 Å². The third-order valence-corrected chi connectivity index (χ3v) is 1.92. The van der Waals surface area contributed by atoms with Crippen molar-refractivity contribution < 1.29 is 13.3 Å². The van der Waals surface area contributed by atoms with Crippen LogP contribution in [0.1, 0.15) is 12.1 Å². The molecule has 60 valence electrons. The monoisotopic (exact) mass is 160 g/mol. The average Bonchev–Trinajstić information content (AvgIpc) is 2.36. The maximum Gasteiger partial charge on any atom is 0.274 e. The highest BCUT2D eigenvalue weighted by Crippen LogP contribution is 2.56. The van der Waals surface area contributed by atoms with Gasteiger partial charge in [-0.3, -0.25) is 0 Å². The lowest BCUT2D eigenvalue weighted by Crippen LogP contribution is -2.27. The molecule has 1 unspecified atom stereocenters. The normalized spacial score (nSPS) is 33.7. The van der Waals surface area contributed by atoms with Crippen LogP contribution in [-0.2, 0) is 5.54 Å². The van der Waals surface area contributed by atoms with Crippen molar-refractivity contribution in [3.63, 3.8) is 0 Å². The highest BCUT2D eigenvalue weighted by molar-refractivity contribution is 5.28. The molecule has 2 N–H and O–H groups in total. The maximum atomic E-state index is 12.5. The summed E-state index contributed by atoms with van der Waals surface area (Å²) in [6.45, 7) is 0. The van der Waals surface area contributed by atoms with E-state index in [1.54, 1.807) is 0 Å². The van der Waals surface area contributed by atoms with Gasteiger partial charge in [0.25, 0.3) is 5.92 Å². The number of hydrogen-bond donors (Lipinski definition) is 1. The van der Waals surface area contributed by atoms with E-state index in [0.717, 1.165) is 0 Å². The summed E-state index contributed by atoms with van der Waals surface area (Å²) in [6.07, 6.45) is 0.894. The van der Waals surface area contributed by atoms with E-state index in [0.29, 0.717) is 0 Å². The van der Waals surface area contributed by atoms with Crippen molar-refractivity contribution in [2.75, 3.05) is 0 Å². The van der Waals surface area contributed by atoms with E-state index in [1.165, 1.54) is 12.3 Å². The van der Waals surface area contributed by atoms with Gasteiger partial charge in [-0.2, -0.15) is 0 Å². The van der Waals surface area contributed by atoms with Gasteiger partial charge in [0, 0.05) is 12.5 Å². The molecule has 0 bridgehead atoms. The summed E-state index contributed by atoms with van der Waals surface area (Å²) in [5.74, 6) is -2.82. The summed E-state index contributed by atoms with van der Waals surface area (Å²) in [5.41, 5.74) is 3.88. The highest BCUT2D eigenvalue weighted by atomic mass is 19.3. The molecular formula is C6H6F2N2O. The minimum atomic E-state index is -2.82. The lowest BCUT2D eigenvalue weighted by atomic mass is 10.2. The second kappa shape index (κ2) is 1.61. The van der Waals surface area contributed by atoms with Gasteiger partial charge in [-0.05, 0) is 0 Å². The molecule has 0 amide bonds. The standard InChI is InChI=1S/C6H6F2N2O/c7-6(8)3-5(6,9)4-1-2-11-10-4/h1-2H,3,9H2.